The molecule has 3 rings (SSSR count). The Labute approximate surface area is 173 Å². The molecule has 1 aromatic carbocycles. The number of sulfone groups is 1. The first-order chi connectivity index (χ1) is 13.4. The maximum absolute atomic E-state index is 13.1. The Morgan fingerprint density at radius 2 is 1.90 bits per heavy atom. The molecule has 0 saturated heterocycles. The largest absolute Gasteiger partial charge is 0.299 e. The summed E-state index contributed by atoms with van der Waals surface area (Å²) in [6.45, 7) is 5.36. The minimum absolute atomic E-state index is 0.00636. The lowest BCUT2D eigenvalue weighted by Gasteiger charge is -2.14. The number of benzene rings is 1. The second-order valence-corrected chi connectivity index (χ2v) is 9.43. The van der Waals surface area contributed by atoms with Crippen molar-refractivity contribution in [2.45, 2.75) is 32.2 Å². The van der Waals surface area contributed by atoms with Crippen LogP contribution in [0.5, 0.6) is 0 Å². The molecule has 10 heteroatoms. The Bertz CT molecular complexity index is 1300. The first kappa shape index (κ1) is 21.1. The molecule has 8 nitrogen and oxygen atoms in total. The predicted molar refractivity (Wildman–Crippen MR) is 110 cm³/mol. The van der Waals surface area contributed by atoms with E-state index in [0.717, 1.165) is 17.6 Å². The number of ketones is 1. The maximum atomic E-state index is 13.1. The highest BCUT2D eigenvalue weighted by molar-refractivity contribution is 7.90. The molecular formula is C19H21ClN4O4S. The van der Waals surface area contributed by atoms with Crippen LogP contribution in [0, 0.1) is 20.8 Å². The van der Waals surface area contributed by atoms with E-state index in [1.807, 2.05) is 19.9 Å². The van der Waals surface area contributed by atoms with Crippen LogP contribution in [0.4, 0.5) is 0 Å². The smallest absolute Gasteiger partial charge is 0.277 e. The lowest BCUT2D eigenvalue weighted by Crippen LogP contribution is -2.20. The van der Waals surface area contributed by atoms with Gasteiger partial charge in [0.15, 0.2) is 9.84 Å². The quantitative estimate of drug-likeness (QED) is 0.617. The molecule has 0 aliphatic carbocycles. The zero-order chi connectivity index (χ0) is 21.7. The summed E-state index contributed by atoms with van der Waals surface area (Å²) < 4.78 is 27.5. The second kappa shape index (κ2) is 7.31. The molecule has 0 spiro atoms. The van der Waals surface area contributed by atoms with Gasteiger partial charge in [-0.1, -0.05) is 11.6 Å². The minimum Gasteiger partial charge on any atom is -0.299 e. The van der Waals surface area contributed by atoms with E-state index in [2.05, 4.69) is 10.2 Å². The van der Waals surface area contributed by atoms with E-state index < -0.39 is 21.2 Å². The molecule has 2 aromatic heterocycles. The maximum Gasteiger partial charge on any atom is 0.277 e. The SMILES string of the molecule is Cc1cc(C)n(Cc2c(S(C)(=O)=O)ccc(C(=O)c3c(C)[nH]n(C)c3=O)c2Cl)n1. The number of nitrogens with zero attached hydrogens (tertiary/aromatic N) is 3. The van der Waals surface area contributed by atoms with E-state index in [0.29, 0.717) is 5.69 Å². The molecule has 0 amide bonds. The lowest BCUT2D eigenvalue weighted by atomic mass is 10.0. The first-order valence-electron chi connectivity index (χ1n) is 8.74. The van der Waals surface area contributed by atoms with Crippen molar-refractivity contribution >= 4 is 27.2 Å². The van der Waals surface area contributed by atoms with Gasteiger partial charge in [-0.25, -0.2) is 8.42 Å². The van der Waals surface area contributed by atoms with Gasteiger partial charge < -0.3 is 0 Å². The Morgan fingerprint density at radius 3 is 2.38 bits per heavy atom. The van der Waals surface area contributed by atoms with Gasteiger partial charge >= 0.3 is 0 Å². The number of aromatic nitrogens is 4. The average Bonchev–Trinajstić information content (AvgIpc) is 3.05. The fourth-order valence-corrected chi connectivity index (χ4v) is 4.64. The summed E-state index contributed by atoms with van der Waals surface area (Å²) in [7, 11) is -2.10. The zero-order valence-corrected chi connectivity index (χ0v) is 18.3. The number of rotatable bonds is 5. The number of hydrogen-bond donors (Lipinski definition) is 1. The van der Waals surface area contributed by atoms with Gasteiger partial charge in [-0.15, -0.1) is 0 Å². The summed E-state index contributed by atoms with van der Waals surface area (Å²) in [5.41, 5.74) is 1.83. The van der Waals surface area contributed by atoms with Gasteiger partial charge in [0.1, 0.15) is 5.56 Å². The van der Waals surface area contributed by atoms with E-state index in [1.54, 1.807) is 11.6 Å². The van der Waals surface area contributed by atoms with Gasteiger partial charge in [-0.05, 0) is 39.0 Å². The molecule has 0 bridgehead atoms. The van der Waals surface area contributed by atoms with Crippen molar-refractivity contribution in [2.24, 2.45) is 7.05 Å². The van der Waals surface area contributed by atoms with Crippen LogP contribution in [-0.2, 0) is 23.4 Å². The highest BCUT2D eigenvalue weighted by Crippen LogP contribution is 2.30. The molecule has 0 unspecified atom stereocenters. The molecule has 29 heavy (non-hydrogen) atoms. The summed E-state index contributed by atoms with van der Waals surface area (Å²) in [5, 5.41) is 7.12. The Morgan fingerprint density at radius 1 is 1.24 bits per heavy atom. The van der Waals surface area contributed by atoms with Crippen LogP contribution in [0.2, 0.25) is 5.02 Å². The summed E-state index contributed by atoms with van der Waals surface area (Å²) in [4.78, 5) is 25.4. The summed E-state index contributed by atoms with van der Waals surface area (Å²) in [5.74, 6) is -0.566. The Kier molecular flexibility index (Phi) is 5.31. The molecule has 0 atom stereocenters. The van der Waals surface area contributed by atoms with Gasteiger partial charge in [0.2, 0.25) is 5.78 Å². The number of aromatic amines is 1. The fraction of sp³-hybridized carbons (Fsp3) is 0.316. The van der Waals surface area contributed by atoms with Crippen molar-refractivity contribution in [3.8, 4) is 0 Å². The van der Waals surface area contributed by atoms with Crippen molar-refractivity contribution in [2.75, 3.05) is 6.26 Å². The summed E-state index contributed by atoms with van der Waals surface area (Å²) in [6, 6.07) is 4.55. The van der Waals surface area contributed by atoms with Crippen LogP contribution in [-0.4, -0.2) is 40.0 Å². The summed E-state index contributed by atoms with van der Waals surface area (Å²) in [6.07, 6.45) is 1.08. The number of carbonyl (C=O) groups is 1. The van der Waals surface area contributed by atoms with Crippen molar-refractivity contribution in [1.29, 1.82) is 0 Å². The number of H-pyrrole nitrogens is 1. The van der Waals surface area contributed by atoms with Gasteiger partial charge in [0.25, 0.3) is 5.56 Å². The predicted octanol–water partition coefficient (Wildman–Crippen LogP) is 2.17. The Hall–Kier alpha value is -2.65. The molecule has 1 N–H and O–H groups in total. The van der Waals surface area contributed by atoms with Crippen molar-refractivity contribution in [1.82, 2.24) is 19.6 Å². The first-order valence-corrected chi connectivity index (χ1v) is 11.0. The van der Waals surface area contributed by atoms with Crippen LogP contribution >= 0.6 is 11.6 Å². The number of carbonyl (C=O) groups excluding carboxylic acids is 1. The van der Waals surface area contributed by atoms with Crippen LogP contribution < -0.4 is 5.56 Å². The van der Waals surface area contributed by atoms with Crippen LogP contribution in [0.25, 0.3) is 0 Å². The van der Waals surface area contributed by atoms with E-state index >= 15 is 0 Å². The highest BCUT2D eigenvalue weighted by Gasteiger charge is 2.26. The van der Waals surface area contributed by atoms with Gasteiger partial charge in [-0.2, -0.15) is 5.10 Å². The number of halogens is 1. The third-order valence-electron chi connectivity index (χ3n) is 4.71. The third-order valence-corrected chi connectivity index (χ3v) is 6.32. The molecule has 2 heterocycles. The Balaban J connectivity index is 2.22. The molecule has 3 aromatic rings. The van der Waals surface area contributed by atoms with E-state index in [-0.39, 0.29) is 33.2 Å². The molecule has 0 aliphatic rings. The number of aryl methyl sites for hydroxylation is 4. The number of hydrogen-bond acceptors (Lipinski definition) is 5. The van der Waals surface area contributed by atoms with E-state index in [9.17, 15) is 18.0 Å². The van der Waals surface area contributed by atoms with Crippen molar-refractivity contribution in [3.05, 3.63) is 67.3 Å². The van der Waals surface area contributed by atoms with Gasteiger partial charge in [0.05, 0.1) is 22.2 Å². The molecule has 0 saturated carbocycles. The molecular weight excluding hydrogens is 416 g/mol. The van der Waals surface area contributed by atoms with Gasteiger partial charge in [-0.3, -0.25) is 24.1 Å². The minimum atomic E-state index is -3.61. The zero-order valence-electron chi connectivity index (χ0n) is 16.7. The second-order valence-electron chi connectivity index (χ2n) is 7.07. The lowest BCUT2D eigenvalue weighted by molar-refractivity contribution is 0.103. The molecule has 0 radical (unpaired) electrons. The summed E-state index contributed by atoms with van der Waals surface area (Å²) >= 11 is 6.54. The van der Waals surface area contributed by atoms with Crippen LogP contribution in [0.1, 0.15) is 38.6 Å². The number of nitrogens with one attached hydrogen (secondary N) is 1. The average molecular weight is 437 g/mol. The van der Waals surface area contributed by atoms with Crippen LogP contribution in [0.3, 0.4) is 0 Å². The van der Waals surface area contributed by atoms with E-state index in [1.165, 1.54) is 23.9 Å². The van der Waals surface area contributed by atoms with Crippen molar-refractivity contribution in [3.63, 3.8) is 0 Å². The topological polar surface area (TPSA) is 107 Å². The monoisotopic (exact) mass is 436 g/mol. The molecule has 0 fully saturated rings. The fourth-order valence-electron chi connectivity index (χ4n) is 3.35. The normalized spacial score (nSPS) is 11.8. The standard InChI is InChI=1S/C19H21ClN4O4S/c1-10-8-11(2)24(21-10)9-14-15(29(5,27)28)7-6-13(17(14)20)18(25)16-12(3)22-23(4)19(16)26/h6-8,22H,9H2,1-5H3. The van der Waals surface area contributed by atoms with E-state index in [4.69, 9.17) is 11.6 Å². The van der Waals surface area contributed by atoms with Crippen molar-refractivity contribution < 1.29 is 13.2 Å². The molecule has 0 aliphatic heterocycles. The molecule has 154 valence electrons. The van der Waals surface area contributed by atoms with Crippen LogP contribution in [0.15, 0.2) is 27.9 Å². The van der Waals surface area contributed by atoms with Gasteiger partial charge in [0, 0.05) is 35.8 Å². The highest BCUT2D eigenvalue weighted by atomic mass is 35.5. The third kappa shape index (κ3) is 3.79.